The van der Waals surface area contributed by atoms with E-state index in [1.165, 1.54) is 4.90 Å². The Morgan fingerprint density at radius 3 is 2.81 bits per heavy atom. The van der Waals surface area contributed by atoms with Gasteiger partial charge in [0.25, 0.3) is 0 Å². The first-order valence-corrected chi connectivity index (χ1v) is 5.92. The minimum absolute atomic E-state index is 0.167. The van der Waals surface area contributed by atoms with Gasteiger partial charge in [-0.15, -0.1) is 0 Å². The standard InChI is InChI=1S/C11H18N2O3/c1-2-12-11(16)13-6-7-4-3-5-8(7)9(13)10(14)15/h7-9H,2-6H2,1H3,(H,12,16)(H,14,15). The number of hydrogen-bond acceptors (Lipinski definition) is 2. The summed E-state index contributed by atoms with van der Waals surface area (Å²) in [5, 5.41) is 11.9. The topological polar surface area (TPSA) is 69.6 Å². The van der Waals surface area contributed by atoms with E-state index in [0.717, 1.165) is 19.3 Å². The summed E-state index contributed by atoms with van der Waals surface area (Å²) in [6.07, 6.45) is 3.10. The van der Waals surface area contributed by atoms with Crippen molar-refractivity contribution in [3.63, 3.8) is 0 Å². The lowest BCUT2D eigenvalue weighted by Gasteiger charge is -2.24. The van der Waals surface area contributed by atoms with Crippen LogP contribution in [0, 0.1) is 11.8 Å². The van der Waals surface area contributed by atoms with Crippen LogP contribution in [0.15, 0.2) is 0 Å². The fourth-order valence-corrected chi connectivity index (χ4v) is 3.08. The number of likely N-dealkylation sites (tertiary alicyclic amines) is 1. The molecule has 1 saturated heterocycles. The van der Waals surface area contributed by atoms with Gasteiger partial charge in [0.1, 0.15) is 6.04 Å². The van der Waals surface area contributed by atoms with Gasteiger partial charge in [0.05, 0.1) is 0 Å². The van der Waals surface area contributed by atoms with E-state index in [-0.39, 0.29) is 11.9 Å². The molecule has 0 spiro atoms. The van der Waals surface area contributed by atoms with Gasteiger partial charge in [-0.3, -0.25) is 0 Å². The van der Waals surface area contributed by atoms with Crippen molar-refractivity contribution in [2.45, 2.75) is 32.2 Å². The van der Waals surface area contributed by atoms with E-state index < -0.39 is 12.0 Å². The Bertz CT molecular complexity index is 306. The third kappa shape index (κ3) is 1.74. The predicted octanol–water partition coefficient (Wildman–Crippen LogP) is 0.901. The number of carbonyl (C=O) groups is 2. The van der Waals surface area contributed by atoms with E-state index in [1.807, 2.05) is 6.92 Å². The number of nitrogens with one attached hydrogen (secondary N) is 1. The SMILES string of the molecule is CCNC(=O)N1CC2CCCC2C1C(=O)O. The molecule has 5 nitrogen and oxygen atoms in total. The number of carbonyl (C=O) groups excluding carboxylic acids is 1. The van der Waals surface area contributed by atoms with E-state index in [9.17, 15) is 14.7 Å². The zero-order valence-electron chi connectivity index (χ0n) is 9.48. The van der Waals surface area contributed by atoms with Gasteiger partial charge in [0.15, 0.2) is 0 Å². The molecular weight excluding hydrogens is 208 g/mol. The molecule has 1 aliphatic heterocycles. The lowest BCUT2D eigenvalue weighted by Crippen LogP contribution is -2.47. The monoisotopic (exact) mass is 226 g/mol. The summed E-state index contributed by atoms with van der Waals surface area (Å²) >= 11 is 0. The van der Waals surface area contributed by atoms with Crippen molar-refractivity contribution in [1.29, 1.82) is 0 Å². The maximum absolute atomic E-state index is 11.7. The second kappa shape index (κ2) is 4.31. The quantitative estimate of drug-likeness (QED) is 0.735. The van der Waals surface area contributed by atoms with E-state index in [4.69, 9.17) is 0 Å². The van der Waals surface area contributed by atoms with Crippen molar-refractivity contribution in [3.05, 3.63) is 0 Å². The third-order valence-corrected chi connectivity index (χ3v) is 3.73. The van der Waals surface area contributed by atoms with Crippen LogP contribution >= 0.6 is 0 Å². The molecule has 0 bridgehead atoms. The number of fused-ring (bicyclic) bond motifs is 1. The van der Waals surface area contributed by atoms with Crippen LogP contribution in [0.5, 0.6) is 0 Å². The first-order chi connectivity index (χ1) is 7.65. The molecule has 1 heterocycles. The van der Waals surface area contributed by atoms with Gasteiger partial charge in [-0.2, -0.15) is 0 Å². The minimum Gasteiger partial charge on any atom is -0.480 e. The van der Waals surface area contributed by atoms with Crippen LogP contribution in [-0.2, 0) is 4.79 Å². The zero-order chi connectivity index (χ0) is 11.7. The fraction of sp³-hybridized carbons (Fsp3) is 0.818. The summed E-state index contributed by atoms with van der Waals surface area (Å²) in [7, 11) is 0. The number of rotatable bonds is 2. The molecule has 2 aliphatic rings. The highest BCUT2D eigenvalue weighted by atomic mass is 16.4. The van der Waals surface area contributed by atoms with E-state index >= 15 is 0 Å². The number of aliphatic carboxylic acids is 1. The summed E-state index contributed by atoms with van der Waals surface area (Å²) in [5.74, 6) is -0.301. The fourth-order valence-electron chi connectivity index (χ4n) is 3.08. The predicted molar refractivity (Wildman–Crippen MR) is 58.0 cm³/mol. The Morgan fingerprint density at radius 2 is 2.19 bits per heavy atom. The highest BCUT2D eigenvalue weighted by Crippen LogP contribution is 2.42. The van der Waals surface area contributed by atoms with Gasteiger partial charge in [-0.25, -0.2) is 9.59 Å². The van der Waals surface area contributed by atoms with Gasteiger partial charge < -0.3 is 15.3 Å². The molecule has 0 aromatic carbocycles. The average molecular weight is 226 g/mol. The largest absolute Gasteiger partial charge is 0.480 e. The number of nitrogens with zero attached hydrogens (tertiary/aromatic N) is 1. The van der Waals surface area contributed by atoms with Crippen LogP contribution in [-0.4, -0.2) is 41.1 Å². The minimum atomic E-state index is -0.861. The van der Waals surface area contributed by atoms with E-state index in [1.54, 1.807) is 0 Å². The Hall–Kier alpha value is -1.26. The Kier molecular flexibility index (Phi) is 3.03. The van der Waals surface area contributed by atoms with Crippen molar-refractivity contribution in [2.24, 2.45) is 11.8 Å². The smallest absolute Gasteiger partial charge is 0.326 e. The second-order valence-corrected chi connectivity index (χ2v) is 4.63. The van der Waals surface area contributed by atoms with Crippen LogP contribution in [0.25, 0.3) is 0 Å². The summed E-state index contributed by atoms with van der Waals surface area (Å²) in [5.41, 5.74) is 0. The molecule has 0 radical (unpaired) electrons. The van der Waals surface area contributed by atoms with Crippen molar-refractivity contribution in [2.75, 3.05) is 13.1 Å². The molecule has 90 valence electrons. The summed E-state index contributed by atoms with van der Waals surface area (Å²) < 4.78 is 0. The van der Waals surface area contributed by atoms with Gasteiger partial charge in [-0.05, 0) is 31.6 Å². The zero-order valence-corrected chi connectivity index (χ0v) is 9.48. The van der Waals surface area contributed by atoms with Crippen molar-refractivity contribution >= 4 is 12.0 Å². The van der Waals surface area contributed by atoms with Crippen LogP contribution < -0.4 is 5.32 Å². The molecule has 0 aromatic heterocycles. The third-order valence-electron chi connectivity index (χ3n) is 3.73. The maximum Gasteiger partial charge on any atom is 0.326 e. The molecular formula is C11H18N2O3. The normalized spacial score (nSPS) is 32.6. The van der Waals surface area contributed by atoms with Crippen molar-refractivity contribution in [1.82, 2.24) is 10.2 Å². The molecule has 2 N–H and O–H groups in total. The summed E-state index contributed by atoms with van der Waals surface area (Å²) in [6.45, 7) is 2.98. The average Bonchev–Trinajstić information content (AvgIpc) is 2.74. The molecule has 2 rings (SSSR count). The Labute approximate surface area is 94.8 Å². The number of hydrogen-bond donors (Lipinski definition) is 2. The summed E-state index contributed by atoms with van der Waals surface area (Å²) in [6, 6.07) is -0.844. The van der Waals surface area contributed by atoms with Gasteiger partial charge in [-0.1, -0.05) is 6.42 Å². The number of urea groups is 1. The molecule has 0 aromatic rings. The molecule has 16 heavy (non-hydrogen) atoms. The molecule has 3 unspecified atom stereocenters. The molecule has 3 atom stereocenters. The lowest BCUT2D eigenvalue weighted by molar-refractivity contribution is -0.142. The Balaban J connectivity index is 2.13. The molecule has 2 fully saturated rings. The highest BCUT2D eigenvalue weighted by Gasteiger charge is 2.49. The highest BCUT2D eigenvalue weighted by molar-refractivity contribution is 5.83. The van der Waals surface area contributed by atoms with Crippen LogP contribution in [0.4, 0.5) is 4.79 Å². The van der Waals surface area contributed by atoms with Gasteiger partial charge in [0.2, 0.25) is 0 Å². The molecule has 1 aliphatic carbocycles. The maximum atomic E-state index is 11.7. The molecule has 5 heteroatoms. The second-order valence-electron chi connectivity index (χ2n) is 4.63. The van der Waals surface area contributed by atoms with E-state index in [0.29, 0.717) is 19.0 Å². The van der Waals surface area contributed by atoms with E-state index in [2.05, 4.69) is 5.32 Å². The van der Waals surface area contributed by atoms with Gasteiger partial charge in [0, 0.05) is 13.1 Å². The number of amides is 2. The number of carboxylic acids is 1. The van der Waals surface area contributed by atoms with Crippen LogP contribution in [0.1, 0.15) is 26.2 Å². The first-order valence-electron chi connectivity index (χ1n) is 5.92. The van der Waals surface area contributed by atoms with Crippen LogP contribution in [0.3, 0.4) is 0 Å². The summed E-state index contributed by atoms with van der Waals surface area (Å²) in [4.78, 5) is 24.5. The van der Waals surface area contributed by atoms with Crippen LogP contribution in [0.2, 0.25) is 0 Å². The lowest BCUT2D eigenvalue weighted by atomic mass is 9.94. The Morgan fingerprint density at radius 1 is 1.44 bits per heavy atom. The van der Waals surface area contributed by atoms with Crippen molar-refractivity contribution in [3.8, 4) is 0 Å². The first kappa shape index (κ1) is 11.2. The molecule has 1 saturated carbocycles. The molecule has 2 amide bonds. The van der Waals surface area contributed by atoms with Gasteiger partial charge >= 0.3 is 12.0 Å². The number of carboxylic acid groups (broad SMARTS) is 1. The van der Waals surface area contributed by atoms with Crippen molar-refractivity contribution < 1.29 is 14.7 Å².